The summed E-state index contributed by atoms with van der Waals surface area (Å²) < 4.78 is 61.7. The van der Waals surface area contributed by atoms with E-state index >= 15 is 0 Å². The first-order chi connectivity index (χ1) is 7.64. The normalized spacial score (nSPS) is 11.9. The lowest BCUT2D eigenvalue weighted by Gasteiger charge is -2.12. The summed E-state index contributed by atoms with van der Waals surface area (Å²) in [6, 6.07) is 0.179. The van der Waals surface area contributed by atoms with Crippen LogP contribution >= 0.6 is 0 Å². The van der Waals surface area contributed by atoms with E-state index in [4.69, 9.17) is 10.8 Å². The highest BCUT2D eigenvalue weighted by molar-refractivity contribution is 5.89. The van der Waals surface area contributed by atoms with Crippen molar-refractivity contribution in [2.75, 3.05) is 5.73 Å². The molecule has 1 heterocycles. The van der Waals surface area contributed by atoms with Crippen molar-refractivity contribution >= 4 is 11.8 Å². The number of carbonyl (C=O) groups is 1. The maximum atomic E-state index is 12.4. The molecule has 1 rings (SSSR count). The molecule has 0 unspecified atom stereocenters. The molecule has 0 saturated carbocycles. The van der Waals surface area contributed by atoms with E-state index in [-0.39, 0.29) is 6.07 Å². The van der Waals surface area contributed by atoms with Gasteiger partial charge in [-0.05, 0) is 6.07 Å². The average Bonchev–Trinajstić information content (AvgIpc) is 2.14. The number of alkyl halides is 5. The van der Waals surface area contributed by atoms with Gasteiger partial charge in [-0.15, -0.1) is 0 Å². The van der Waals surface area contributed by atoms with E-state index in [1.807, 2.05) is 0 Å². The molecule has 0 spiro atoms. The molecular weight excluding hydrogens is 251 g/mol. The minimum absolute atomic E-state index is 0.179. The monoisotopic (exact) mass is 256 g/mol. The van der Waals surface area contributed by atoms with Crippen molar-refractivity contribution in [1.82, 2.24) is 4.98 Å². The SMILES string of the molecule is Nc1nc(C(F)(F)F)c(C(=O)O)cc1C(F)F. The van der Waals surface area contributed by atoms with Gasteiger partial charge in [0.2, 0.25) is 0 Å². The van der Waals surface area contributed by atoms with E-state index < -0.39 is 41.2 Å². The lowest BCUT2D eigenvalue weighted by Crippen LogP contribution is -2.18. The third-order valence-electron chi connectivity index (χ3n) is 1.82. The molecule has 1 aromatic rings. The van der Waals surface area contributed by atoms with Crippen molar-refractivity contribution in [3.05, 3.63) is 22.9 Å². The number of pyridine rings is 1. The Morgan fingerprint density at radius 3 is 2.29 bits per heavy atom. The topological polar surface area (TPSA) is 76.2 Å². The van der Waals surface area contributed by atoms with Gasteiger partial charge in [-0.2, -0.15) is 13.2 Å². The van der Waals surface area contributed by atoms with Gasteiger partial charge in [-0.1, -0.05) is 0 Å². The number of carboxylic acids is 1. The number of anilines is 1. The zero-order chi connectivity index (χ0) is 13.4. The number of halogens is 5. The second-order valence-corrected chi connectivity index (χ2v) is 2.96. The molecule has 1 aromatic heterocycles. The minimum Gasteiger partial charge on any atom is -0.478 e. The molecule has 0 atom stereocenters. The number of aromatic carboxylic acids is 1. The van der Waals surface area contributed by atoms with Gasteiger partial charge < -0.3 is 10.8 Å². The third-order valence-corrected chi connectivity index (χ3v) is 1.82. The highest BCUT2D eigenvalue weighted by atomic mass is 19.4. The first kappa shape index (κ1) is 13.1. The van der Waals surface area contributed by atoms with Gasteiger partial charge in [0, 0.05) is 0 Å². The quantitative estimate of drug-likeness (QED) is 0.796. The van der Waals surface area contributed by atoms with Crippen LogP contribution in [0.25, 0.3) is 0 Å². The zero-order valence-corrected chi connectivity index (χ0v) is 7.92. The molecule has 4 nitrogen and oxygen atoms in total. The molecule has 0 radical (unpaired) electrons. The Morgan fingerprint density at radius 2 is 1.94 bits per heavy atom. The van der Waals surface area contributed by atoms with E-state index in [9.17, 15) is 26.7 Å². The van der Waals surface area contributed by atoms with Gasteiger partial charge >= 0.3 is 12.1 Å². The van der Waals surface area contributed by atoms with Gasteiger partial charge in [0.1, 0.15) is 5.82 Å². The second-order valence-electron chi connectivity index (χ2n) is 2.96. The largest absolute Gasteiger partial charge is 0.478 e. The maximum Gasteiger partial charge on any atom is 0.434 e. The molecule has 0 amide bonds. The molecule has 0 aliphatic heterocycles. The fourth-order valence-electron chi connectivity index (χ4n) is 1.10. The standard InChI is InChI=1S/C8H5F5N2O2/c9-5(10)3-1-2(7(16)17)4(8(11,12)13)15-6(3)14/h1,5H,(H2,14,15)(H,16,17). The predicted octanol–water partition coefficient (Wildman–Crippen LogP) is 2.32. The van der Waals surface area contributed by atoms with E-state index in [2.05, 4.69) is 4.98 Å². The van der Waals surface area contributed by atoms with E-state index in [0.717, 1.165) is 0 Å². The number of rotatable bonds is 2. The highest BCUT2D eigenvalue weighted by Gasteiger charge is 2.38. The zero-order valence-electron chi connectivity index (χ0n) is 7.92. The summed E-state index contributed by atoms with van der Waals surface area (Å²) in [6.07, 6.45) is -8.29. The van der Waals surface area contributed by atoms with Gasteiger partial charge in [0.15, 0.2) is 5.69 Å². The fraction of sp³-hybridized carbons (Fsp3) is 0.250. The van der Waals surface area contributed by atoms with E-state index in [0.29, 0.717) is 0 Å². The number of carboxylic acid groups (broad SMARTS) is 1. The molecule has 0 aromatic carbocycles. The molecule has 0 aliphatic rings. The maximum absolute atomic E-state index is 12.4. The van der Waals surface area contributed by atoms with Crippen LogP contribution in [-0.2, 0) is 6.18 Å². The molecule has 94 valence electrons. The van der Waals surface area contributed by atoms with Crippen molar-refractivity contribution in [2.24, 2.45) is 0 Å². The number of hydrogen-bond donors (Lipinski definition) is 2. The summed E-state index contributed by atoms with van der Waals surface area (Å²) in [5.74, 6) is -3.05. The van der Waals surface area contributed by atoms with Crippen LogP contribution in [0.1, 0.15) is 28.0 Å². The van der Waals surface area contributed by atoms with Crippen LogP contribution in [0.2, 0.25) is 0 Å². The van der Waals surface area contributed by atoms with Gasteiger partial charge in [0.05, 0.1) is 11.1 Å². The fourth-order valence-corrected chi connectivity index (χ4v) is 1.10. The first-order valence-corrected chi connectivity index (χ1v) is 4.03. The van der Waals surface area contributed by atoms with E-state index in [1.165, 1.54) is 0 Å². The summed E-state index contributed by atoms with van der Waals surface area (Å²) in [4.78, 5) is 13.2. The number of nitrogen functional groups attached to an aromatic ring is 1. The van der Waals surface area contributed by atoms with Crippen LogP contribution in [0.4, 0.5) is 27.8 Å². The third kappa shape index (κ3) is 2.60. The van der Waals surface area contributed by atoms with Crippen LogP contribution in [0.15, 0.2) is 6.07 Å². The number of aromatic nitrogens is 1. The predicted molar refractivity (Wildman–Crippen MR) is 45.6 cm³/mol. The Bertz CT molecular complexity index is 458. The van der Waals surface area contributed by atoms with Crippen molar-refractivity contribution in [2.45, 2.75) is 12.6 Å². The lowest BCUT2D eigenvalue weighted by atomic mass is 10.1. The Hall–Kier alpha value is -1.93. The van der Waals surface area contributed by atoms with Crippen molar-refractivity contribution < 1.29 is 31.9 Å². The summed E-state index contributed by atoms with van der Waals surface area (Å²) in [5, 5.41) is 8.50. The number of nitrogens with two attached hydrogens (primary N) is 1. The summed E-state index contributed by atoms with van der Waals surface area (Å²) in [7, 11) is 0. The lowest BCUT2D eigenvalue weighted by molar-refractivity contribution is -0.141. The summed E-state index contributed by atoms with van der Waals surface area (Å²) in [5.41, 5.74) is 0.700. The van der Waals surface area contributed by atoms with Crippen LogP contribution in [0.3, 0.4) is 0 Å². The molecule has 0 fully saturated rings. The van der Waals surface area contributed by atoms with Gasteiger partial charge in [0.25, 0.3) is 6.43 Å². The first-order valence-electron chi connectivity index (χ1n) is 4.03. The van der Waals surface area contributed by atoms with Gasteiger partial charge in [-0.25, -0.2) is 18.6 Å². The molecule has 0 saturated heterocycles. The second kappa shape index (κ2) is 4.15. The molecule has 17 heavy (non-hydrogen) atoms. The Balaban J connectivity index is 3.53. The van der Waals surface area contributed by atoms with Gasteiger partial charge in [-0.3, -0.25) is 0 Å². The number of hydrogen-bond acceptors (Lipinski definition) is 3. The molecule has 0 aliphatic carbocycles. The molecule has 9 heteroatoms. The summed E-state index contributed by atoms with van der Waals surface area (Å²) in [6.45, 7) is 0. The van der Waals surface area contributed by atoms with Crippen molar-refractivity contribution in [1.29, 1.82) is 0 Å². The summed E-state index contributed by atoms with van der Waals surface area (Å²) >= 11 is 0. The Labute approximate surface area is 90.9 Å². The Kier molecular flexibility index (Phi) is 3.21. The highest BCUT2D eigenvalue weighted by Crippen LogP contribution is 2.34. The smallest absolute Gasteiger partial charge is 0.434 e. The average molecular weight is 256 g/mol. The van der Waals surface area contributed by atoms with Crippen molar-refractivity contribution in [3.8, 4) is 0 Å². The van der Waals surface area contributed by atoms with Crippen LogP contribution in [0, 0.1) is 0 Å². The molecule has 0 bridgehead atoms. The molecular formula is C8H5F5N2O2. The van der Waals surface area contributed by atoms with Crippen molar-refractivity contribution in [3.63, 3.8) is 0 Å². The minimum atomic E-state index is -5.08. The Morgan fingerprint density at radius 1 is 1.41 bits per heavy atom. The van der Waals surface area contributed by atoms with E-state index in [1.54, 1.807) is 0 Å². The van der Waals surface area contributed by atoms with Crippen LogP contribution < -0.4 is 5.73 Å². The van der Waals surface area contributed by atoms with Crippen LogP contribution in [-0.4, -0.2) is 16.1 Å². The number of nitrogens with zero attached hydrogens (tertiary/aromatic N) is 1. The molecule has 3 N–H and O–H groups in total. The van der Waals surface area contributed by atoms with Crippen LogP contribution in [0.5, 0.6) is 0 Å².